The highest BCUT2D eigenvalue weighted by Crippen LogP contribution is 2.31. The second-order valence-corrected chi connectivity index (χ2v) is 6.40. The number of benzene rings is 2. The molecule has 4 heteroatoms. The number of hydrogen-bond donors (Lipinski definition) is 2. The molecule has 0 radical (unpaired) electrons. The zero-order valence-corrected chi connectivity index (χ0v) is 14.0. The van der Waals surface area contributed by atoms with Gasteiger partial charge in [0.1, 0.15) is 11.9 Å². The first-order valence-corrected chi connectivity index (χ1v) is 8.54. The van der Waals surface area contributed by atoms with Gasteiger partial charge in [-0.3, -0.25) is 0 Å². The van der Waals surface area contributed by atoms with Crippen molar-refractivity contribution in [3.05, 3.63) is 60.3 Å². The summed E-state index contributed by atoms with van der Waals surface area (Å²) in [5.41, 5.74) is 3.75. The van der Waals surface area contributed by atoms with Crippen LogP contribution < -0.4 is 15.0 Å². The maximum absolute atomic E-state index is 6.10. The molecule has 124 valence electrons. The van der Waals surface area contributed by atoms with Crippen molar-refractivity contribution in [3.8, 4) is 5.75 Å². The number of likely N-dealkylation sites (N-methyl/N-ethyl adjacent to an activating group) is 1. The number of nitrogens with zero attached hydrogens (tertiary/aromatic N) is 1. The van der Waals surface area contributed by atoms with Gasteiger partial charge in [-0.05, 0) is 36.7 Å². The lowest BCUT2D eigenvalue weighted by Gasteiger charge is -2.33. The number of rotatable bonds is 5. The normalized spacial score (nSPS) is 16.9. The third-order valence-corrected chi connectivity index (χ3v) is 4.67. The summed E-state index contributed by atoms with van der Waals surface area (Å²) >= 11 is 0. The molecule has 0 saturated heterocycles. The summed E-state index contributed by atoms with van der Waals surface area (Å²) in [5, 5.41) is 4.87. The Hall–Kier alpha value is -2.46. The zero-order chi connectivity index (χ0) is 16.4. The molecule has 0 aliphatic carbocycles. The molecule has 3 aromatic rings. The van der Waals surface area contributed by atoms with E-state index in [0.29, 0.717) is 0 Å². The van der Waals surface area contributed by atoms with E-state index in [1.165, 1.54) is 22.2 Å². The van der Waals surface area contributed by atoms with E-state index in [1.807, 2.05) is 12.1 Å². The Morgan fingerprint density at radius 3 is 2.96 bits per heavy atom. The van der Waals surface area contributed by atoms with Crippen LogP contribution in [0.2, 0.25) is 0 Å². The molecule has 4 nitrogen and oxygen atoms in total. The predicted molar refractivity (Wildman–Crippen MR) is 99.0 cm³/mol. The average Bonchev–Trinajstić information content (AvgIpc) is 3.02. The van der Waals surface area contributed by atoms with Gasteiger partial charge in [0.2, 0.25) is 0 Å². The molecule has 24 heavy (non-hydrogen) atoms. The fourth-order valence-electron chi connectivity index (χ4n) is 3.42. The lowest BCUT2D eigenvalue weighted by atomic mass is 10.1. The third kappa shape index (κ3) is 2.97. The Morgan fingerprint density at radius 1 is 1.17 bits per heavy atom. The van der Waals surface area contributed by atoms with Gasteiger partial charge in [0.05, 0.1) is 12.2 Å². The quantitative estimate of drug-likeness (QED) is 0.709. The van der Waals surface area contributed by atoms with E-state index in [2.05, 4.69) is 64.8 Å². The number of para-hydroxylation sites is 3. The van der Waals surface area contributed by atoms with E-state index >= 15 is 0 Å². The van der Waals surface area contributed by atoms with E-state index < -0.39 is 0 Å². The molecular formula is C20H23N3O. The van der Waals surface area contributed by atoms with Crippen molar-refractivity contribution in [3.63, 3.8) is 0 Å². The van der Waals surface area contributed by atoms with Crippen molar-refractivity contribution in [1.82, 2.24) is 10.3 Å². The molecule has 0 fully saturated rings. The first-order valence-electron chi connectivity index (χ1n) is 8.54. The van der Waals surface area contributed by atoms with Gasteiger partial charge in [-0.25, -0.2) is 0 Å². The van der Waals surface area contributed by atoms with Crippen LogP contribution in [0.25, 0.3) is 10.9 Å². The van der Waals surface area contributed by atoms with Crippen molar-refractivity contribution in [2.45, 2.75) is 12.5 Å². The summed E-state index contributed by atoms with van der Waals surface area (Å²) in [6.07, 6.45) is 3.32. The number of ether oxygens (including phenoxy) is 1. The Kier molecular flexibility index (Phi) is 4.13. The van der Waals surface area contributed by atoms with E-state index in [-0.39, 0.29) is 6.10 Å². The summed E-state index contributed by atoms with van der Waals surface area (Å²) in [4.78, 5) is 5.60. The van der Waals surface area contributed by atoms with Gasteiger partial charge in [-0.2, -0.15) is 0 Å². The predicted octanol–water partition coefficient (Wildman–Crippen LogP) is 3.20. The number of hydrogen-bond acceptors (Lipinski definition) is 3. The molecular weight excluding hydrogens is 298 g/mol. The summed E-state index contributed by atoms with van der Waals surface area (Å²) in [6.45, 7) is 2.73. The van der Waals surface area contributed by atoms with Gasteiger partial charge in [-0.15, -0.1) is 0 Å². The molecule has 2 N–H and O–H groups in total. The Bertz CT molecular complexity index is 826. The van der Waals surface area contributed by atoms with Crippen LogP contribution in [0.4, 0.5) is 5.69 Å². The summed E-state index contributed by atoms with van der Waals surface area (Å²) in [7, 11) is 2.13. The molecule has 1 atom stereocenters. The lowest BCUT2D eigenvalue weighted by Crippen LogP contribution is -2.44. The molecule has 1 aliphatic heterocycles. The van der Waals surface area contributed by atoms with Crippen LogP contribution in [0.3, 0.4) is 0 Å². The number of anilines is 1. The standard InChI is InChI=1S/C20H23N3O/c1-23-14-16(24-20-9-5-4-8-19(20)23)13-21-11-10-15-12-22-18-7-3-2-6-17(15)18/h2-9,12,16,21-22H,10-11,13-14H2,1H3. The minimum Gasteiger partial charge on any atom is -0.485 e. The van der Waals surface area contributed by atoms with Crippen molar-refractivity contribution in [2.24, 2.45) is 0 Å². The monoisotopic (exact) mass is 321 g/mol. The molecule has 0 bridgehead atoms. The van der Waals surface area contributed by atoms with Crippen LogP contribution in [0.15, 0.2) is 54.7 Å². The van der Waals surface area contributed by atoms with Crippen LogP contribution in [0, 0.1) is 0 Å². The van der Waals surface area contributed by atoms with Crippen molar-refractivity contribution >= 4 is 16.6 Å². The Balaban J connectivity index is 1.31. The SMILES string of the molecule is CN1CC(CNCCc2c[nH]c3ccccc23)Oc2ccccc21. The highest BCUT2D eigenvalue weighted by atomic mass is 16.5. The van der Waals surface area contributed by atoms with Gasteiger partial charge in [0, 0.05) is 30.7 Å². The molecule has 0 amide bonds. The Labute approximate surface area is 142 Å². The van der Waals surface area contributed by atoms with Crippen LogP contribution in [-0.2, 0) is 6.42 Å². The molecule has 2 heterocycles. The average molecular weight is 321 g/mol. The van der Waals surface area contributed by atoms with Gasteiger partial charge >= 0.3 is 0 Å². The second-order valence-electron chi connectivity index (χ2n) is 6.40. The number of aromatic nitrogens is 1. The summed E-state index contributed by atoms with van der Waals surface area (Å²) in [6, 6.07) is 16.7. The number of fused-ring (bicyclic) bond motifs is 2. The van der Waals surface area contributed by atoms with E-state index in [0.717, 1.165) is 31.8 Å². The first kappa shape index (κ1) is 15.1. The molecule has 0 saturated carbocycles. The van der Waals surface area contributed by atoms with E-state index in [4.69, 9.17) is 4.74 Å². The fraction of sp³-hybridized carbons (Fsp3) is 0.300. The topological polar surface area (TPSA) is 40.3 Å². The van der Waals surface area contributed by atoms with Crippen molar-refractivity contribution in [2.75, 3.05) is 31.6 Å². The molecule has 1 aromatic heterocycles. The Morgan fingerprint density at radius 2 is 2.00 bits per heavy atom. The van der Waals surface area contributed by atoms with Crippen LogP contribution in [0.5, 0.6) is 5.75 Å². The summed E-state index contributed by atoms with van der Waals surface area (Å²) in [5.74, 6) is 0.981. The van der Waals surface area contributed by atoms with Gasteiger partial charge < -0.3 is 19.9 Å². The van der Waals surface area contributed by atoms with Crippen LogP contribution in [-0.4, -0.2) is 37.8 Å². The maximum atomic E-state index is 6.10. The van der Waals surface area contributed by atoms with Crippen molar-refractivity contribution in [1.29, 1.82) is 0 Å². The maximum Gasteiger partial charge on any atom is 0.143 e. The minimum absolute atomic E-state index is 0.188. The van der Waals surface area contributed by atoms with Gasteiger partial charge in [-0.1, -0.05) is 30.3 Å². The highest BCUT2D eigenvalue weighted by molar-refractivity contribution is 5.83. The summed E-state index contributed by atoms with van der Waals surface area (Å²) < 4.78 is 6.10. The smallest absolute Gasteiger partial charge is 0.143 e. The van der Waals surface area contributed by atoms with Gasteiger partial charge in [0.25, 0.3) is 0 Å². The van der Waals surface area contributed by atoms with Crippen molar-refractivity contribution < 1.29 is 4.74 Å². The molecule has 1 aliphatic rings. The van der Waals surface area contributed by atoms with E-state index in [9.17, 15) is 0 Å². The highest BCUT2D eigenvalue weighted by Gasteiger charge is 2.22. The minimum atomic E-state index is 0.188. The largest absolute Gasteiger partial charge is 0.485 e. The molecule has 2 aromatic carbocycles. The second kappa shape index (κ2) is 6.57. The molecule has 1 unspecified atom stereocenters. The third-order valence-electron chi connectivity index (χ3n) is 4.67. The van der Waals surface area contributed by atoms with Gasteiger partial charge in [0.15, 0.2) is 0 Å². The number of aromatic amines is 1. The first-order chi connectivity index (χ1) is 11.8. The number of H-pyrrole nitrogens is 1. The fourth-order valence-corrected chi connectivity index (χ4v) is 3.42. The molecule has 0 spiro atoms. The number of nitrogens with one attached hydrogen (secondary N) is 2. The van der Waals surface area contributed by atoms with Crippen LogP contribution in [0.1, 0.15) is 5.56 Å². The molecule has 4 rings (SSSR count). The van der Waals surface area contributed by atoms with Crippen LogP contribution >= 0.6 is 0 Å². The lowest BCUT2D eigenvalue weighted by molar-refractivity contribution is 0.192. The van der Waals surface area contributed by atoms with E-state index in [1.54, 1.807) is 0 Å². The zero-order valence-electron chi connectivity index (χ0n) is 14.0.